The highest BCUT2D eigenvalue weighted by Gasteiger charge is 2.16. The number of aromatic hydroxyl groups is 1. The molecule has 1 aliphatic heterocycles. The third kappa shape index (κ3) is 5.58. The number of rotatable bonds is 10. The first-order chi connectivity index (χ1) is 19.2. The van der Waals surface area contributed by atoms with Crippen LogP contribution >= 0.6 is 0 Å². The van der Waals surface area contributed by atoms with Crippen molar-refractivity contribution in [2.24, 2.45) is 0 Å². The van der Waals surface area contributed by atoms with E-state index < -0.39 is 0 Å². The number of phenolic OH excluding ortho intramolecular Hbond substituents is 1. The van der Waals surface area contributed by atoms with E-state index in [1.54, 1.807) is 30.1 Å². The molecule has 9 heteroatoms. The van der Waals surface area contributed by atoms with E-state index in [1.807, 2.05) is 36.5 Å². The van der Waals surface area contributed by atoms with E-state index in [-0.39, 0.29) is 5.75 Å². The molecule has 0 spiro atoms. The molecule has 3 aromatic carbocycles. The summed E-state index contributed by atoms with van der Waals surface area (Å²) in [4.78, 5) is 7.35. The fourth-order valence-electron chi connectivity index (χ4n) is 5.19. The highest BCUT2D eigenvalue weighted by molar-refractivity contribution is 5.82. The van der Waals surface area contributed by atoms with Crippen LogP contribution in [-0.4, -0.2) is 67.9 Å². The lowest BCUT2D eigenvalue weighted by molar-refractivity contribution is 0.238. The maximum atomic E-state index is 10.1. The van der Waals surface area contributed by atoms with Crippen molar-refractivity contribution in [3.8, 4) is 28.6 Å². The van der Waals surface area contributed by atoms with Gasteiger partial charge in [0.1, 0.15) is 29.7 Å². The number of hydrogen-bond acceptors (Lipinski definition) is 7. The van der Waals surface area contributed by atoms with Crippen molar-refractivity contribution in [1.82, 2.24) is 29.4 Å². The molecule has 1 aliphatic rings. The average molecular weight is 525 g/mol. The molecule has 39 heavy (non-hydrogen) atoms. The third-order valence-corrected chi connectivity index (χ3v) is 7.22. The summed E-state index contributed by atoms with van der Waals surface area (Å²) in [7, 11) is 1.68. The highest BCUT2D eigenvalue weighted by atomic mass is 16.5. The molecule has 0 bridgehead atoms. The van der Waals surface area contributed by atoms with Gasteiger partial charge in [-0.15, -0.1) is 5.10 Å². The summed E-state index contributed by atoms with van der Waals surface area (Å²) in [6, 6.07) is 19.6. The van der Waals surface area contributed by atoms with Gasteiger partial charge in [0.05, 0.1) is 30.9 Å². The van der Waals surface area contributed by atoms with Crippen molar-refractivity contribution in [2.75, 3.05) is 33.4 Å². The molecule has 0 aliphatic carbocycles. The maximum Gasteiger partial charge on any atom is 0.141 e. The topological polar surface area (TPSA) is 90.5 Å². The molecule has 5 aromatic rings. The fraction of sp³-hybridized carbons (Fsp3) is 0.300. The van der Waals surface area contributed by atoms with Gasteiger partial charge in [-0.05, 0) is 74.0 Å². The van der Waals surface area contributed by atoms with E-state index >= 15 is 0 Å². The number of aromatic nitrogens is 5. The molecular weight excluding hydrogens is 492 g/mol. The lowest BCUT2D eigenvalue weighted by atomic mass is 10.1. The van der Waals surface area contributed by atoms with Crippen LogP contribution in [0.25, 0.3) is 22.4 Å². The molecule has 0 unspecified atom stereocenters. The number of benzene rings is 3. The second-order valence-corrected chi connectivity index (χ2v) is 9.86. The molecule has 0 atom stereocenters. The van der Waals surface area contributed by atoms with Gasteiger partial charge < -0.3 is 19.1 Å². The van der Waals surface area contributed by atoms with Crippen LogP contribution in [0.5, 0.6) is 17.2 Å². The number of methoxy groups -OCH3 is 1. The van der Waals surface area contributed by atoms with E-state index in [9.17, 15) is 5.11 Å². The van der Waals surface area contributed by atoms with Gasteiger partial charge in [0, 0.05) is 36.5 Å². The van der Waals surface area contributed by atoms with E-state index in [0.29, 0.717) is 19.7 Å². The summed E-state index contributed by atoms with van der Waals surface area (Å²) in [5, 5.41) is 18.0. The Hall–Kier alpha value is -4.37. The second-order valence-electron chi connectivity index (χ2n) is 9.86. The van der Waals surface area contributed by atoms with E-state index in [0.717, 1.165) is 51.6 Å². The van der Waals surface area contributed by atoms with Crippen molar-refractivity contribution >= 4 is 11.0 Å². The smallest absolute Gasteiger partial charge is 0.141 e. The number of hydrogen-bond donors (Lipinski definition) is 1. The van der Waals surface area contributed by atoms with Crippen LogP contribution in [0.3, 0.4) is 0 Å². The van der Waals surface area contributed by atoms with Crippen LogP contribution in [0.2, 0.25) is 0 Å². The largest absolute Gasteiger partial charge is 0.508 e. The van der Waals surface area contributed by atoms with Crippen LogP contribution in [0.4, 0.5) is 0 Å². The lowest BCUT2D eigenvalue weighted by Crippen LogP contribution is -2.25. The van der Waals surface area contributed by atoms with Gasteiger partial charge in [-0.3, -0.25) is 4.90 Å². The Morgan fingerprint density at radius 2 is 1.79 bits per heavy atom. The summed E-state index contributed by atoms with van der Waals surface area (Å²) in [5.74, 6) is 2.66. The molecule has 1 saturated heterocycles. The van der Waals surface area contributed by atoms with Crippen LogP contribution in [0, 0.1) is 0 Å². The Balaban J connectivity index is 1.26. The second kappa shape index (κ2) is 11.2. The van der Waals surface area contributed by atoms with Gasteiger partial charge in [-0.1, -0.05) is 17.3 Å². The summed E-state index contributed by atoms with van der Waals surface area (Å²) in [6.45, 7) is 5.15. The molecule has 2 aromatic heterocycles. The minimum Gasteiger partial charge on any atom is -0.508 e. The number of nitrogens with zero attached hydrogens (tertiary/aromatic N) is 6. The normalized spacial score (nSPS) is 13.8. The number of imidazole rings is 1. The summed E-state index contributed by atoms with van der Waals surface area (Å²) in [6.07, 6.45) is 6.06. The molecule has 9 nitrogen and oxygen atoms in total. The molecule has 200 valence electrons. The Bertz CT molecular complexity index is 1540. The minimum absolute atomic E-state index is 0.194. The predicted molar refractivity (Wildman–Crippen MR) is 149 cm³/mol. The molecule has 1 N–H and O–H groups in total. The molecule has 3 heterocycles. The van der Waals surface area contributed by atoms with Crippen LogP contribution < -0.4 is 9.47 Å². The summed E-state index contributed by atoms with van der Waals surface area (Å²) in [5.41, 5.74) is 4.76. The van der Waals surface area contributed by atoms with Gasteiger partial charge in [0.15, 0.2) is 0 Å². The quantitative estimate of drug-likeness (QED) is 0.286. The number of ether oxygens (including phenoxy) is 2. The number of likely N-dealkylation sites (tertiary alicyclic amines) is 1. The van der Waals surface area contributed by atoms with Gasteiger partial charge in [-0.2, -0.15) is 0 Å². The van der Waals surface area contributed by atoms with E-state index in [1.165, 1.54) is 25.9 Å². The minimum atomic E-state index is 0.194. The van der Waals surface area contributed by atoms with Crippen LogP contribution in [0.15, 0.2) is 73.1 Å². The standard InChI is InChI=1S/C30H32N6O3/c1-38-29-18-22(4-5-24(29)21-35-15-12-31-33-35)20-36-28-11-8-25(37)19-27(28)32-30(36)23-6-9-26(10-7-23)39-17-16-34-13-2-3-14-34/h4-12,15,18-19,37H,2-3,13-14,16-17,20-21H2,1H3. The van der Waals surface area contributed by atoms with Gasteiger partial charge >= 0.3 is 0 Å². The zero-order chi connectivity index (χ0) is 26.6. The van der Waals surface area contributed by atoms with Crippen molar-refractivity contribution in [3.05, 3.63) is 84.2 Å². The van der Waals surface area contributed by atoms with Gasteiger partial charge in [-0.25, -0.2) is 9.67 Å². The maximum absolute atomic E-state index is 10.1. The number of fused-ring (bicyclic) bond motifs is 1. The fourth-order valence-corrected chi connectivity index (χ4v) is 5.19. The van der Waals surface area contributed by atoms with Gasteiger partial charge in [0.25, 0.3) is 0 Å². The van der Waals surface area contributed by atoms with Crippen molar-refractivity contribution < 1.29 is 14.6 Å². The summed E-state index contributed by atoms with van der Waals surface area (Å²) >= 11 is 0. The first-order valence-corrected chi connectivity index (χ1v) is 13.3. The molecular formula is C30H32N6O3. The van der Waals surface area contributed by atoms with Crippen molar-refractivity contribution in [1.29, 1.82) is 0 Å². The SMILES string of the molecule is COc1cc(Cn2c(-c3ccc(OCCN4CCCC4)cc3)nc3cc(O)ccc32)ccc1Cn1ccnn1. The van der Waals surface area contributed by atoms with Crippen LogP contribution in [0.1, 0.15) is 24.0 Å². The predicted octanol–water partition coefficient (Wildman–Crippen LogP) is 4.58. The highest BCUT2D eigenvalue weighted by Crippen LogP contribution is 2.30. The molecule has 0 saturated carbocycles. The Morgan fingerprint density at radius 3 is 2.56 bits per heavy atom. The van der Waals surface area contributed by atoms with Gasteiger partial charge in [0.2, 0.25) is 0 Å². The van der Waals surface area contributed by atoms with E-state index in [4.69, 9.17) is 14.5 Å². The van der Waals surface area contributed by atoms with Crippen LogP contribution in [-0.2, 0) is 13.1 Å². The third-order valence-electron chi connectivity index (χ3n) is 7.22. The number of phenols is 1. The first kappa shape index (κ1) is 24.9. The molecule has 0 radical (unpaired) electrons. The molecule has 0 amide bonds. The first-order valence-electron chi connectivity index (χ1n) is 13.3. The molecule has 1 fully saturated rings. The van der Waals surface area contributed by atoms with Crippen molar-refractivity contribution in [2.45, 2.75) is 25.9 Å². The Morgan fingerprint density at radius 1 is 0.949 bits per heavy atom. The lowest BCUT2D eigenvalue weighted by Gasteiger charge is -2.15. The van der Waals surface area contributed by atoms with Crippen molar-refractivity contribution in [3.63, 3.8) is 0 Å². The Kier molecular flexibility index (Phi) is 7.14. The average Bonchev–Trinajstić information content (AvgIpc) is 3.72. The molecule has 6 rings (SSSR count). The zero-order valence-corrected chi connectivity index (χ0v) is 22.0. The monoisotopic (exact) mass is 524 g/mol. The summed E-state index contributed by atoms with van der Waals surface area (Å²) < 4.78 is 15.7. The Labute approximate surface area is 227 Å². The van der Waals surface area contributed by atoms with E-state index in [2.05, 4.69) is 38.0 Å². The zero-order valence-electron chi connectivity index (χ0n) is 22.0.